The van der Waals surface area contributed by atoms with Crippen LogP contribution in [-0.4, -0.2) is 48.7 Å². The van der Waals surface area contributed by atoms with Gasteiger partial charge in [0.2, 0.25) is 0 Å². The van der Waals surface area contributed by atoms with Crippen LogP contribution in [0.3, 0.4) is 0 Å². The lowest BCUT2D eigenvalue weighted by Crippen LogP contribution is -2.29. The Hall–Kier alpha value is -2.24. The summed E-state index contributed by atoms with van der Waals surface area (Å²) >= 11 is 0. The normalized spacial score (nSPS) is 17.6. The fourth-order valence-electron chi connectivity index (χ4n) is 2.40. The van der Waals surface area contributed by atoms with Crippen LogP contribution in [0.4, 0.5) is 0 Å². The average Bonchev–Trinajstić information content (AvgIpc) is 2.97. The molecule has 0 bridgehead atoms. The molecule has 0 aliphatic carbocycles. The van der Waals surface area contributed by atoms with Gasteiger partial charge in [0, 0.05) is 18.7 Å². The molecular weight excluding hydrogens is 274 g/mol. The molecule has 1 aliphatic heterocycles. The molecule has 1 saturated heterocycles. The van der Waals surface area contributed by atoms with E-state index < -0.39 is 11.9 Å². The Kier molecular flexibility index (Phi) is 4.67. The van der Waals surface area contributed by atoms with Crippen molar-refractivity contribution >= 4 is 11.9 Å². The Morgan fingerprint density at radius 2 is 2.14 bits per heavy atom. The topological polar surface area (TPSA) is 76.1 Å². The van der Waals surface area contributed by atoms with Gasteiger partial charge in [0.15, 0.2) is 11.5 Å². The molecule has 0 saturated carbocycles. The van der Waals surface area contributed by atoms with Crippen LogP contribution in [0, 0.1) is 5.92 Å². The first-order chi connectivity index (χ1) is 10.1. The number of likely N-dealkylation sites (tertiary alicyclic amines) is 1. The molecule has 6 nitrogen and oxygen atoms in total. The van der Waals surface area contributed by atoms with E-state index in [9.17, 15) is 9.59 Å². The van der Waals surface area contributed by atoms with Gasteiger partial charge in [-0.25, -0.2) is 0 Å². The molecule has 0 aromatic heterocycles. The van der Waals surface area contributed by atoms with Crippen LogP contribution in [-0.2, 0) is 4.79 Å². The third kappa shape index (κ3) is 3.26. The van der Waals surface area contributed by atoms with Crippen LogP contribution >= 0.6 is 0 Å². The maximum atomic E-state index is 12.4. The number of aliphatic carboxylic acids is 1. The lowest BCUT2D eigenvalue weighted by molar-refractivity contribution is -0.141. The predicted octanol–water partition coefficient (Wildman–Crippen LogP) is 1.64. The Balaban J connectivity index is 2.14. The van der Waals surface area contributed by atoms with E-state index in [2.05, 4.69) is 0 Å². The molecule has 1 N–H and O–H groups in total. The molecule has 0 radical (unpaired) electrons. The average molecular weight is 293 g/mol. The Bertz CT molecular complexity index is 543. The molecular formula is C15H19NO5. The summed E-state index contributed by atoms with van der Waals surface area (Å²) in [7, 11) is 1.52. The van der Waals surface area contributed by atoms with Crippen molar-refractivity contribution in [2.45, 2.75) is 13.3 Å². The summed E-state index contributed by atoms with van der Waals surface area (Å²) in [5.74, 6) is -0.425. The van der Waals surface area contributed by atoms with E-state index in [0.29, 0.717) is 36.6 Å². The SMILES string of the molecule is CCOc1ccc(C(=O)N2CCC(C(=O)O)C2)cc1OC. The lowest BCUT2D eigenvalue weighted by Gasteiger charge is -2.17. The third-order valence-corrected chi connectivity index (χ3v) is 3.54. The van der Waals surface area contributed by atoms with Gasteiger partial charge in [-0.15, -0.1) is 0 Å². The number of carbonyl (C=O) groups is 2. The van der Waals surface area contributed by atoms with Crippen molar-refractivity contribution < 1.29 is 24.2 Å². The minimum atomic E-state index is -0.852. The molecule has 114 valence electrons. The van der Waals surface area contributed by atoms with Crippen molar-refractivity contribution in [3.8, 4) is 11.5 Å². The highest BCUT2D eigenvalue weighted by atomic mass is 16.5. The van der Waals surface area contributed by atoms with Crippen LogP contribution < -0.4 is 9.47 Å². The highest BCUT2D eigenvalue weighted by Gasteiger charge is 2.31. The number of methoxy groups -OCH3 is 1. The number of carbonyl (C=O) groups excluding carboxylic acids is 1. The van der Waals surface area contributed by atoms with Crippen LogP contribution in [0.25, 0.3) is 0 Å². The summed E-state index contributed by atoms with van der Waals surface area (Å²) in [6.45, 7) is 3.10. The minimum Gasteiger partial charge on any atom is -0.493 e. The number of carboxylic acid groups (broad SMARTS) is 1. The second-order valence-electron chi connectivity index (χ2n) is 4.87. The van der Waals surface area contributed by atoms with Crippen molar-refractivity contribution in [3.63, 3.8) is 0 Å². The molecule has 1 aliphatic rings. The largest absolute Gasteiger partial charge is 0.493 e. The fourth-order valence-corrected chi connectivity index (χ4v) is 2.40. The molecule has 1 heterocycles. The minimum absolute atomic E-state index is 0.180. The number of hydrogen-bond acceptors (Lipinski definition) is 4. The lowest BCUT2D eigenvalue weighted by atomic mass is 10.1. The van der Waals surface area contributed by atoms with Gasteiger partial charge >= 0.3 is 5.97 Å². The van der Waals surface area contributed by atoms with Gasteiger partial charge in [0.25, 0.3) is 5.91 Å². The summed E-state index contributed by atoms with van der Waals surface area (Å²) in [5, 5.41) is 8.99. The van der Waals surface area contributed by atoms with E-state index in [1.807, 2.05) is 6.92 Å². The number of hydrogen-bond donors (Lipinski definition) is 1. The van der Waals surface area contributed by atoms with Crippen molar-refractivity contribution in [2.75, 3.05) is 26.8 Å². The van der Waals surface area contributed by atoms with Crippen molar-refractivity contribution in [1.82, 2.24) is 4.90 Å². The van der Waals surface area contributed by atoms with E-state index in [1.54, 1.807) is 23.1 Å². The van der Waals surface area contributed by atoms with Crippen LogP contribution in [0.15, 0.2) is 18.2 Å². The summed E-state index contributed by atoms with van der Waals surface area (Å²) in [4.78, 5) is 24.9. The van der Waals surface area contributed by atoms with E-state index in [-0.39, 0.29) is 12.5 Å². The first-order valence-corrected chi connectivity index (χ1v) is 6.89. The zero-order valence-corrected chi connectivity index (χ0v) is 12.2. The second kappa shape index (κ2) is 6.47. The first kappa shape index (κ1) is 15.2. The smallest absolute Gasteiger partial charge is 0.308 e. The van der Waals surface area contributed by atoms with Gasteiger partial charge in [-0.05, 0) is 31.5 Å². The van der Waals surface area contributed by atoms with Gasteiger partial charge in [0.1, 0.15) is 0 Å². The Labute approximate surface area is 123 Å². The van der Waals surface area contributed by atoms with Gasteiger partial charge < -0.3 is 19.5 Å². The number of nitrogens with zero attached hydrogens (tertiary/aromatic N) is 1. The maximum absolute atomic E-state index is 12.4. The van der Waals surface area contributed by atoms with Gasteiger partial charge in [-0.2, -0.15) is 0 Å². The Morgan fingerprint density at radius 3 is 2.71 bits per heavy atom. The number of ether oxygens (including phenoxy) is 2. The fraction of sp³-hybridized carbons (Fsp3) is 0.467. The maximum Gasteiger partial charge on any atom is 0.308 e. The number of carboxylic acids is 1. The van der Waals surface area contributed by atoms with Crippen LogP contribution in [0.2, 0.25) is 0 Å². The van der Waals surface area contributed by atoms with E-state index in [1.165, 1.54) is 7.11 Å². The Morgan fingerprint density at radius 1 is 1.38 bits per heavy atom. The van der Waals surface area contributed by atoms with Gasteiger partial charge in [-0.1, -0.05) is 0 Å². The molecule has 0 spiro atoms. The molecule has 1 amide bonds. The monoisotopic (exact) mass is 293 g/mol. The van der Waals surface area contributed by atoms with Gasteiger partial charge in [-0.3, -0.25) is 9.59 Å². The zero-order chi connectivity index (χ0) is 15.4. The van der Waals surface area contributed by atoms with E-state index in [4.69, 9.17) is 14.6 Å². The van der Waals surface area contributed by atoms with E-state index in [0.717, 1.165) is 0 Å². The molecule has 1 atom stereocenters. The molecule has 1 aromatic rings. The van der Waals surface area contributed by atoms with E-state index >= 15 is 0 Å². The standard InChI is InChI=1S/C15H19NO5/c1-3-21-12-5-4-10(8-13(12)20-2)14(17)16-7-6-11(9-16)15(18)19/h4-5,8,11H,3,6-7,9H2,1-2H3,(H,18,19). The molecule has 1 fully saturated rings. The van der Waals surface area contributed by atoms with Crippen molar-refractivity contribution in [3.05, 3.63) is 23.8 Å². The summed E-state index contributed by atoms with van der Waals surface area (Å²) in [6.07, 6.45) is 0.495. The molecule has 1 unspecified atom stereocenters. The highest BCUT2D eigenvalue weighted by Crippen LogP contribution is 2.29. The molecule has 1 aromatic carbocycles. The zero-order valence-electron chi connectivity index (χ0n) is 12.2. The third-order valence-electron chi connectivity index (χ3n) is 3.54. The summed E-state index contributed by atoms with van der Waals surface area (Å²) < 4.78 is 10.6. The number of benzene rings is 1. The number of amides is 1. The summed E-state index contributed by atoms with van der Waals surface area (Å²) in [6, 6.07) is 4.99. The number of rotatable bonds is 5. The summed E-state index contributed by atoms with van der Waals surface area (Å²) in [5.41, 5.74) is 0.473. The second-order valence-corrected chi connectivity index (χ2v) is 4.87. The molecule has 21 heavy (non-hydrogen) atoms. The van der Waals surface area contributed by atoms with Crippen LogP contribution in [0.1, 0.15) is 23.7 Å². The molecule has 6 heteroatoms. The van der Waals surface area contributed by atoms with Gasteiger partial charge in [0.05, 0.1) is 19.6 Å². The first-order valence-electron chi connectivity index (χ1n) is 6.89. The predicted molar refractivity (Wildman–Crippen MR) is 75.8 cm³/mol. The van der Waals surface area contributed by atoms with Crippen LogP contribution in [0.5, 0.6) is 11.5 Å². The highest BCUT2D eigenvalue weighted by molar-refractivity contribution is 5.95. The quantitative estimate of drug-likeness (QED) is 0.893. The molecule has 2 rings (SSSR count). The van der Waals surface area contributed by atoms with Crippen molar-refractivity contribution in [2.24, 2.45) is 5.92 Å². The van der Waals surface area contributed by atoms with Crippen molar-refractivity contribution in [1.29, 1.82) is 0 Å².